The zero-order valence-corrected chi connectivity index (χ0v) is 26.6. The van der Waals surface area contributed by atoms with Crippen molar-refractivity contribution in [1.29, 1.82) is 0 Å². The number of rotatable bonds is 7. The van der Waals surface area contributed by atoms with E-state index in [1.807, 2.05) is 26.8 Å². The number of aryl methyl sites for hydroxylation is 1. The Labute approximate surface area is 259 Å². The molecule has 0 aromatic heterocycles. The average Bonchev–Trinajstić information content (AvgIpc) is 3.28. The molecule has 0 saturated heterocycles. The van der Waals surface area contributed by atoms with Crippen LogP contribution in [0.25, 0.3) is 0 Å². The van der Waals surface area contributed by atoms with Crippen molar-refractivity contribution in [2.24, 2.45) is 22.7 Å². The van der Waals surface area contributed by atoms with E-state index in [2.05, 4.69) is 0 Å². The van der Waals surface area contributed by atoms with Crippen LogP contribution in [0, 0.1) is 29.6 Å². The molecule has 0 aliphatic heterocycles. The molecule has 0 heterocycles. The minimum atomic E-state index is -4.24. The fourth-order valence-corrected chi connectivity index (χ4v) is 9.75. The van der Waals surface area contributed by atoms with E-state index in [1.54, 1.807) is 24.3 Å². The van der Waals surface area contributed by atoms with Crippen LogP contribution in [0.1, 0.15) is 83.6 Å². The molecular formula is C35H42O8S. The summed E-state index contributed by atoms with van der Waals surface area (Å²) in [7, 11) is -4.24. The van der Waals surface area contributed by atoms with Crippen LogP contribution in [0.5, 0.6) is 0 Å². The Kier molecular flexibility index (Phi) is 7.90. The number of ether oxygens (including phenoxy) is 1. The molecule has 0 amide bonds. The number of benzene rings is 1. The predicted molar refractivity (Wildman–Crippen MR) is 163 cm³/mol. The summed E-state index contributed by atoms with van der Waals surface area (Å²) in [5, 5.41) is 11.8. The highest BCUT2D eigenvalue weighted by atomic mass is 32.2. The lowest BCUT2D eigenvalue weighted by molar-refractivity contribution is -0.189. The summed E-state index contributed by atoms with van der Waals surface area (Å²) in [4.78, 5) is 40.2. The molecule has 9 heteroatoms. The number of hydrogen-bond acceptors (Lipinski definition) is 8. The normalized spacial score (nSPS) is 33.7. The molecule has 44 heavy (non-hydrogen) atoms. The molecule has 1 aromatic carbocycles. The second-order valence-electron chi connectivity index (χ2n) is 13.8. The average molecular weight is 623 g/mol. The summed E-state index contributed by atoms with van der Waals surface area (Å²) in [6.45, 7) is 5.01. The van der Waals surface area contributed by atoms with Crippen LogP contribution in [0.2, 0.25) is 0 Å². The molecule has 236 valence electrons. The molecule has 1 unspecified atom stereocenters. The van der Waals surface area contributed by atoms with Crippen molar-refractivity contribution in [1.82, 2.24) is 0 Å². The van der Waals surface area contributed by atoms with Gasteiger partial charge in [-0.05, 0) is 94.6 Å². The van der Waals surface area contributed by atoms with Crippen molar-refractivity contribution >= 4 is 27.7 Å². The first-order valence-corrected chi connectivity index (χ1v) is 17.3. The molecule has 2 saturated carbocycles. The number of aliphatic hydroxyl groups is 1. The van der Waals surface area contributed by atoms with Crippen LogP contribution in [-0.4, -0.2) is 49.4 Å². The summed E-state index contributed by atoms with van der Waals surface area (Å²) in [6, 6.07) is 6.19. The van der Waals surface area contributed by atoms with Gasteiger partial charge in [-0.1, -0.05) is 61.1 Å². The minimum Gasteiger partial charge on any atom is -0.450 e. The summed E-state index contributed by atoms with van der Waals surface area (Å²) < 4.78 is 37.8. The smallest absolute Gasteiger partial charge is 0.309 e. The van der Waals surface area contributed by atoms with Crippen molar-refractivity contribution in [3.63, 3.8) is 0 Å². The Balaban J connectivity index is 1.36. The Morgan fingerprint density at radius 2 is 1.73 bits per heavy atom. The molecule has 6 rings (SSSR count). The van der Waals surface area contributed by atoms with Crippen molar-refractivity contribution in [3.05, 3.63) is 64.8 Å². The topological polar surface area (TPSA) is 124 Å². The highest BCUT2D eigenvalue weighted by Crippen LogP contribution is 2.65. The van der Waals surface area contributed by atoms with Crippen molar-refractivity contribution in [2.45, 2.75) is 102 Å². The number of allylic oxidation sites excluding steroid dienone is 5. The van der Waals surface area contributed by atoms with E-state index in [4.69, 9.17) is 8.92 Å². The summed E-state index contributed by atoms with van der Waals surface area (Å²) in [5.41, 5.74) is 0.575. The number of esters is 1. The van der Waals surface area contributed by atoms with Gasteiger partial charge in [0.25, 0.3) is 10.1 Å². The Morgan fingerprint density at radius 3 is 2.43 bits per heavy atom. The Bertz CT molecular complexity index is 1580. The maximum absolute atomic E-state index is 14.3. The minimum absolute atomic E-state index is 0.0547. The second-order valence-corrected chi connectivity index (χ2v) is 15.4. The monoisotopic (exact) mass is 622 g/mol. The zero-order chi connectivity index (χ0) is 31.5. The predicted octanol–water partition coefficient (Wildman–Crippen LogP) is 5.47. The van der Waals surface area contributed by atoms with Crippen molar-refractivity contribution in [3.8, 4) is 0 Å². The Morgan fingerprint density at radius 1 is 1.02 bits per heavy atom. The van der Waals surface area contributed by atoms with Crippen LogP contribution in [0.3, 0.4) is 0 Å². The number of carbonyl (C=O) groups is 3. The molecule has 1 N–H and O–H groups in total. The largest absolute Gasteiger partial charge is 0.450 e. The molecule has 5 aliphatic rings. The lowest BCUT2D eigenvalue weighted by Gasteiger charge is -2.54. The highest BCUT2D eigenvalue weighted by molar-refractivity contribution is 7.86. The third kappa shape index (κ3) is 4.95. The van der Waals surface area contributed by atoms with Gasteiger partial charge < -0.3 is 9.84 Å². The Hall–Kier alpha value is -2.88. The molecule has 5 aliphatic carbocycles. The fraction of sp³-hybridized carbons (Fsp3) is 0.571. The summed E-state index contributed by atoms with van der Waals surface area (Å²) in [6.07, 6.45) is 10.7. The second kappa shape index (κ2) is 11.2. The van der Waals surface area contributed by atoms with Crippen molar-refractivity contribution < 1.29 is 36.8 Å². The number of Topliss-reactive ketones (excluding diaryl/α,β-unsaturated/α-hetero) is 1. The van der Waals surface area contributed by atoms with E-state index in [-0.39, 0.29) is 35.4 Å². The van der Waals surface area contributed by atoms with Gasteiger partial charge in [-0.15, -0.1) is 0 Å². The molecule has 5 atom stereocenters. The molecule has 2 fully saturated rings. The lowest BCUT2D eigenvalue weighted by Crippen LogP contribution is -2.59. The lowest BCUT2D eigenvalue weighted by atomic mass is 9.52. The fourth-order valence-electron chi connectivity index (χ4n) is 8.88. The third-order valence-electron chi connectivity index (χ3n) is 11.3. The van der Waals surface area contributed by atoms with Gasteiger partial charge in [0.1, 0.15) is 6.61 Å². The van der Waals surface area contributed by atoms with Gasteiger partial charge in [0.2, 0.25) is 5.78 Å². The molecule has 0 bridgehead atoms. The number of hydrogen-bond donors (Lipinski definition) is 1. The van der Waals surface area contributed by atoms with Gasteiger partial charge >= 0.3 is 5.97 Å². The maximum atomic E-state index is 14.3. The first-order valence-electron chi connectivity index (χ1n) is 15.9. The summed E-state index contributed by atoms with van der Waals surface area (Å²) >= 11 is 0. The summed E-state index contributed by atoms with van der Waals surface area (Å²) in [5.74, 6) is -1.56. The van der Waals surface area contributed by atoms with Crippen LogP contribution < -0.4 is 0 Å². The molecule has 0 spiro atoms. The molecule has 1 aromatic rings. The number of ketones is 2. The van der Waals surface area contributed by atoms with Crippen LogP contribution in [0.4, 0.5) is 0 Å². The quantitative estimate of drug-likeness (QED) is 0.241. The van der Waals surface area contributed by atoms with Crippen LogP contribution >= 0.6 is 0 Å². The molecule has 8 nitrogen and oxygen atoms in total. The van der Waals surface area contributed by atoms with E-state index >= 15 is 0 Å². The maximum Gasteiger partial charge on any atom is 0.309 e. The SMILES string of the molecule is Cc1ccc(S(=O)(=O)OCC(=O)[C@@]2(OC(=O)C3CCCCC3)CC[C@H]3C4=C(C(O)C[C@@]32C)[C@@]2(C)C=CC(=O)C=C2CC4)cc1. The van der Waals surface area contributed by atoms with Gasteiger partial charge in [-0.3, -0.25) is 18.6 Å². The third-order valence-corrected chi connectivity index (χ3v) is 12.6. The number of aliphatic hydroxyl groups excluding tert-OH is 1. The zero-order valence-electron chi connectivity index (χ0n) is 25.8. The first-order chi connectivity index (χ1) is 20.8. The van der Waals surface area contributed by atoms with Crippen LogP contribution in [0.15, 0.2) is 64.1 Å². The van der Waals surface area contributed by atoms with E-state index in [9.17, 15) is 27.9 Å². The van der Waals surface area contributed by atoms with Crippen LogP contribution in [-0.2, 0) is 33.4 Å². The number of carbonyl (C=O) groups excluding carboxylic acids is 3. The van der Waals surface area contributed by atoms with E-state index in [1.165, 1.54) is 12.1 Å². The van der Waals surface area contributed by atoms with E-state index < -0.39 is 51.0 Å². The molecular weight excluding hydrogens is 580 g/mol. The van der Waals surface area contributed by atoms with Gasteiger partial charge in [0.05, 0.1) is 16.9 Å². The van der Waals surface area contributed by atoms with Gasteiger partial charge in [0, 0.05) is 10.8 Å². The standard InChI is InChI=1S/C35H42O8S/c1-22-9-12-26(13-10-22)44(40,41)42-21-30(38)35(43-32(39)23-7-5-4-6-8-23)18-16-28-27-14-11-24-19-25(36)15-17-33(24,2)31(27)29(37)20-34(28,35)3/h9-10,12-13,15,17,19,23,28-29,37H,4-8,11,14,16,18,20-21H2,1-3H3/t28-,29?,33-,34-,35-/m0/s1. The number of fused-ring (bicyclic) bond motifs is 4. The highest BCUT2D eigenvalue weighted by Gasteiger charge is 2.68. The van der Waals surface area contributed by atoms with Gasteiger partial charge in [-0.25, -0.2) is 0 Å². The van der Waals surface area contributed by atoms with Gasteiger partial charge in [0.15, 0.2) is 11.4 Å². The van der Waals surface area contributed by atoms with Crippen molar-refractivity contribution in [2.75, 3.05) is 6.61 Å². The molecule has 0 radical (unpaired) electrons. The van der Waals surface area contributed by atoms with Gasteiger partial charge in [-0.2, -0.15) is 8.42 Å². The van der Waals surface area contributed by atoms with E-state index in [0.29, 0.717) is 32.1 Å². The van der Waals surface area contributed by atoms with E-state index in [0.717, 1.165) is 41.5 Å². The first kappa shape index (κ1) is 31.1.